The van der Waals surface area contributed by atoms with Crippen LogP contribution >= 0.6 is 0 Å². The van der Waals surface area contributed by atoms with E-state index in [2.05, 4.69) is 55.6 Å². The maximum absolute atomic E-state index is 12.4. The van der Waals surface area contributed by atoms with Crippen LogP contribution in [-0.4, -0.2) is 47.4 Å². The molecule has 0 aromatic rings. The molecule has 2 unspecified atom stereocenters. The molecule has 392 valence electrons. The zero-order valence-corrected chi connectivity index (χ0v) is 44.6. The number of carbonyl (C=O) groups is 2. The van der Waals surface area contributed by atoms with Crippen molar-refractivity contribution in [3.8, 4) is 0 Å². The Morgan fingerprint density at radius 1 is 0.418 bits per heavy atom. The molecular formula is C61H113NO5. The maximum atomic E-state index is 12.4. The fraction of sp³-hybridized carbons (Fsp3) is 0.836. The van der Waals surface area contributed by atoms with Crippen molar-refractivity contribution in [2.45, 2.75) is 315 Å². The molecule has 6 nitrogen and oxygen atoms in total. The van der Waals surface area contributed by atoms with Crippen molar-refractivity contribution < 1.29 is 24.5 Å². The first kappa shape index (κ1) is 64.8. The van der Waals surface area contributed by atoms with Crippen molar-refractivity contribution >= 4 is 11.9 Å². The van der Waals surface area contributed by atoms with Gasteiger partial charge in [-0.2, -0.15) is 0 Å². The molecule has 0 fully saturated rings. The molecule has 0 aromatic carbocycles. The number of rotatable bonds is 54. The van der Waals surface area contributed by atoms with Crippen LogP contribution in [0.3, 0.4) is 0 Å². The zero-order chi connectivity index (χ0) is 48.6. The Bertz CT molecular complexity index is 1130. The lowest BCUT2D eigenvalue weighted by Gasteiger charge is -2.20. The predicted molar refractivity (Wildman–Crippen MR) is 292 cm³/mol. The van der Waals surface area contributed by atoms with E-state index in [0.29, 0.717) is 19.4 Å². The van der Waals surface area contributed by atoms with Gasteiger partial charge in [-0.05, 0) is 83.5 Å². The number of hydrogen-bond donors (Lipinski definition) is 3. The number of unbranched alkanes of at least 4 members (excludes halogenated alkanes) is 37. The fourth-order valence-corrected chi connectivity index (χ4v) is 8.78. The van der Waals surface area contributed by atoms with E-state index >= 15 is 0 Å². The van der Waals surface area contributed by atoms with Gasteiger partial charge in [0.2, 0.25) is 5.91 Å². The minimum atomic E-state index is -0.846. The van der Waals surface area contributed by atoms with Gasteiger partial charge in [0.1, 0.15) is 0 Å². The molecule has 0 aliphatic rings. The Morgan fingerprint density at radius 2 is 0.776 bits per heavy atom. The molecule has 0 saturated carbocycles. The summed E-state index contributed by atoms with van der Waals surface area (Å²) in [6, 6.07) is -0.630. The van der Waals surface area contributed by atoms with Crippen molar-refractivity contribution in [3.05, 3.63) is 48.6 Å². The van der Waals surface area contributed by atoms with Crippen LogP contribution in [0, 0.1) is 0 Å². The van der Waals surface area contributed by atoms with Crippen LogP contribution in [0.5, 0.6) is 0 Å². The molecule has 0 radical (unpaired) electrons. The topological polar surface area (TPSA) is 95.9 Å². The quantitative estimate of drug-likeness (QED) is 0.0321. The molecule has 0 heterocycles. The SMILES string of the molecule is CCC/C=C\C/C=C\CCCCCCCC(=O)OCCCCCCCCCCCCCC/C=C\CCCCCCCCCCCC(=O)NC(CO)C(O)/C=C/CCCCCCCCCCCC. The smallest absolute Gasteiger partial charge is 0.305 e. The molecule has 6 heteroatoms. The second-order valence-electron chi connectivity index (χ2n) is 20.0. The number of nitrogens with one attached hydrogen (secondary N) is 1. The third kappa shape index (κ3) is 53.0. The number of ether oxygens (including phenoxy) is 1. The Morgan fingerprint density at radius 3 is 1.21 bits per heavy atom. The highest BCUT2D eigenvalue weighted by molar-refractivity contribution is 5.76. The van der Waals surface area contributed by atoms with Crippen LogP contribution in [0.4, 0.5) is 0 Å². The van der Waals surface area contributed by atoms with E-state index in [1.807, 2.05) is 6.08 Å². The van der Waals surface area contributed by atoms with Crippen molar-refractivity contribution in [3.63, 3.8) is 0 Å². The van der Waals surface area contributed by atoms with Gasteiger partial charge >= 0.3 is 5.97 Å². The van der Waals surface area contributed by atoms with E-state index < -0.39 is 12.1 Å². The molecule has 0 aromatic heterocycles. The van der Waals surface area contributed by atoms with Gasteiger partial charge in [-0.1, -0.05) is 255 Å². The Hall–Kier alpha value is -2.18. The van der Waals surface area contributed by atoms with Crippen LogP contribution in [-0.2, 0) is 14.3 Å². The summed E-state index contributed by atoms with van der Waals surface area (Å²) in [6.45, 7) is 4.82. The molecular weight excluding hydrogens is 827 g/mol. The van der Waals surface area contributed by atoms with Crippen LogP contribution in [0.2, 0.25) is 0 Å². The lowest BCUT2D eigenvalue weighted by Crippen LogP contribution is -2.45. The predicted octanol–water partition coefficient (Wildman–Crippen LogP) is 18.2. The van der Waals surface area contributed by atoms with E-state index in [9.17, 15) is 19.8 Å². The molecule has 0 aliphatic heterocycles. The van der Waals surface area contributed by atoms with E-state index in [-0.39, 0.29) is 18.5 Å². The largest absolute Gasteiger partial charge is 0.466 e. The third-order valence-corrected chi connectivity index (χ3v) is 13.3. The molecule has 3 N–H and O–H groups in total. The van der Waals surface area contributed by atoms with Crippen LogP contribution in [0.25, 0.3) is 0 Å². The average molecular weight is 941 g/mol. The summed E-state index contributed by atoms with van der Waals surface area (Å²) in [5, 5.41) is 23.0. The van der Waals surface area contributed by atoms with Crippen molar-refractivity contribution in [2.24, 2.45) is 0 Å². The lowest BCUT2D eigenvalue weighted by atomic mass is 10.0. The monoisotopic (exact) mass is 940 g/mol. The molecule has 0 bridgehead atoms. The highest BCUT2D eigenvalue weighted by atomic mass is 16.5. The van der Waals surface area contributed by atoms with E-state index in [0.717, 1.165) is 51.4 Å². The standard InChI is InChI=1S/C61H113NO5/c1-3-5-7-9-11-13-15-30-35-39-43-47-51-55-61(66)67-56-52-48-44-40-36-32-29-27-25-23-21-19-17-18-20-22-24-26-28-31-34-38-42-46-50-54-60(65)62-58(57-63)59(64)53-49-45-41-37-33-16-14-12-10-8-6-4-2/h7,9,13,15,18,20,49,53,58-59,63-64H,3-6,8,10-12,14,16-17,19,21-48,50-52,54-57H2,1-2H3,(H,62,65)/b9-7-,15-13-,20-18-,53-49+. The number of hydrogen-bond acceptors (Lipinski definition) is 5. The number of allylic oxidation sites excluding steroid dienone is 7. The van der Waals surface area contributed by atoms with Gasteiger partial charge in [0.05, 0.1) is 25.4 Å². The third-order valence-electron chi connectivity index (χ3n) is 13.3. The van der Waals surface area contributed by atoms with Gasteiger partial charge < -0.3 is 20.3 Å². The molecule has 0 saturated heterocycles. The first-order chi connectivity index (χ1) is 33.0. The molecule has 0 spiro atoms. The Labute approximate surface area is 416 Å². The molecule has 0 rings (SSSR count). The highest BCUT2D eigenvalue weighted by Crippen LogP contribution is 2.16. The van der Waals surface area contributed by atoms with Crippen molar-refractivity contribution in [2.75, 3.05) is 13.2 Å². The summed E-state index contributed by atoms with van der Waals surface area (Å²) in [5.41, 5.74) is 0. The summed E-state index contributed by atoms with van der Waals surface area (Å²) < 4.78 is 5.46. The number of carbonyl (C=O) groups excluding carboxylic acids is 2. The Kier molecular flexibility index (Phi) is 54.6. The van der Waals surface area contributed by atoms with Gasteiger partial charge in [0.25, 0.3) is 0 Å². The summed E-state index contributed by atoms with van der Waals surface area (Å²) >= 11 is 0. The molecule has 1 amide bonds. The molecule has 2 atom stereocenters. The summed E-state index contributed by atoms with van der Waals surface area (Å²) in [6.07, 6.45) is 71.4. The van der Waals surface area contributed by atoms with Gasteiger partial charge in [-0.15, -0.1) is 0 Å². The second-order valence-corrected chi connectivity index (χ2v) is 20.0. The zero-order valence-electron chi connectivity index (χ0n) is 44.6. The van der Waals surface area contributed by atoms with Crippen LogP contribution in [0.1, 0.15) is 303 Å². The summed E-state index contributed by atoms with van der Waals surface area (Å²) in [4.78, 5) is 24.4. The van der Waals surface area contributed by atoms with Gasteiger partial charge in [0.15, 0.2) is 0 Å². The molecule has 67 heavy (non-hydrogen) atoms. The van der Waals surface area contributed by atoms with Gasteiger partial charge in [-0.25, -0.2) is 0 Å². The second kappa shape index (κ2) is 56.4. The Balaban J connectivity index is 3.42. The maximum Gasteiger partial charge on any atom is 0.305 e. The first-order valence-electron chi connectivity index (χ1n) is 29.4. The lowest BCUT2D eigenvalue weighted by molar-refractivity contribution is -0.143. The number of esters is 1. The minimum absolute atomic E-state index is 0.00300. The number of aliphatic hydroxyl groups is 2. The van der Waals surface area contributed by atoms with Gasteiger partial charge in [0, 0.05) is 12.8 Å². The minimum Gasteiger partial charge on any atom is -0.466 e. The van der Waals surface area contributed by atoms with E-state index in [4.69, 9.17) is 4.74 Å². The molecule has 0 aliphatic carbocycles. The van der Waals surface area contributed by atoms with Crippen molar-refractivity contribution in [1.29, 1.82) is 0 Å². The van der Waals surface area contributed by atoms with Crippen molar-refractivity contribution in [1.82, 2.24) is 5.32 Å². The van der Waals surface area contributed by atoms with Crippen LogP contribution in [0.15, 0.2) is 48.6 Å². The van der Waals surface area contributed by atoms with E-state index in [1.54, 1.807) is 6.08 Å². The summed E-state index contributed by atoms with van der Waals surface area (Å²) in [5.74, 6) is -0.0752. The van der Waals surface area contributed by atoms with E-state index in [1.165, 1.54) is 225 Å². The normalized spacial score (nSPS) is 13.0. The highest BCUT2D eigenvalue weighted by Gasteiger charge is 2.18. The average Bonchev–Trinajstić information content (AvgIpc) is 3.33. The number of amides is 1. The number of aliphatic hydroxyl groups excluding tert-OH is 2. The first-order valence-corrected chi connectivity index (χ1v) is 29.4. The van der Waals surface area contributed by atoms with Crippen LogP contribution < -0.4 is 5.32 Å². The van der Waals surface area contributed by atoms with Gasteiger partial charge in [-0.3, -0.25) is 9.59 Å². The summed E-state index contributed by atoms with van der Waals surface area (Å²) in [7, 11) is 0. The fourth-order valence-electron chi connectivity index (χ4n) is 8.78.